The van der Waals surface area contributed by atoms with Crippen LogP contribution >= 0.6 is 0 Å². The Balaban J connectivity index is 1.99. The van der Waals surface area contributed by atoms with Crippen molar-refractivity contribution in [3.8, 4) is 0 Å². The van der Waals surface area contributed by atoms with Crippen LogP contribution in [0.5, 0.6) is 0 Å². The first-order valence-electron chi connectivity index (χ1n) is 5.90. The molecule has 1 atom stereocenters. The van der Waals surface area contributed by atoms with Crippen LogP contribution in [0.2, 0.25) is 0 Å². The first kappa shape index (κ1) is 11.1. The van der Waals surface area contributed by atoms with Crippen LogP contribution in [0.1, 0.15) is 18.9 Å². The maximum absolute atomic E-state index is 11.9. The number of carbonyl (C=O) groups is 1. The van der Waals surface area contributed by atoms with E-state index in [-0.39, 0.29) is 11.8 Å². The van der Waals surface area contributed by atoms with Gasteiger partial charge in [0.1, 0.15) is 0 Å². The van der Waals surface area contributed by atoms with E-state index in [1.54, 1.807) is 0 Å². The minimum Gasteiger partial charge on any atom is -0.326 e. The minimum atomic E-state index is 0.130. The van der Waals surface area contributed by atoms with Crippen molar-refractivity contribution in [1.29, 1.82) is 0 Å². The maximum atomic E-state index is 11.9. The van der Waals surface area contributed by atoms with Crippen molar-refractivity contribution in [3.63, 3.8) is 0 Å². The van der Waals surface area contributed by atoms with Crippen molar-refractivity contribution in [3.05, 3.63) is 29.8 Å². The summed E-state index contributed by atoms with van der Waals surface area (Å²) in [5.41, 5.74) is 2.17. The lowest BCUT2D eigenvalue weighted by Crippen LogP contribution is -2.24. The van der Waals surface area contributed by atoms with E-state index in [2.05, 4.69) is 23.6 Å². The summed E-state index contributed by atoms with van der Waals surface area (Å²) in [5, 5.41) is 6.18. The molecule has 1 aromatic carbocycles. The second-order valence-electron chi connectivity index (χ2n) is 4.23. The zero-order valence-electron chi connectivity index (χ0n) is 9.62. The van der Waals surface area contributed by atoms with Gasteiger partial charge in [0.25, 0.3) is 0 Å². The van der Waals surface area contributed by atoms with Gasteiger partial charge in [-0.1, -0.05) is 19.1 Å². The summed E-state index contributed by atoms with van der Waals surface area (Å²) in [6, 6.07) is 8.05. The third-order valence-electron chi connectivity index (χ3n) is 3.03. The SMILES string of the molecule is CCc1cccc(NC(=O)C2CCNC2)c1. The lowest BCUT2D eigenvalue weighted by atomic mass is 10.1. The fourth-order valence-electron chi connectivity index (χ4n) is 1.99. The number of amides is 1. The zero-order chi connectivity index (χ0) is 11.4. The molecule has 0 saturated carbocycles. The second-order valence-corrected chi connectivity index (χ2v) is 4.23. The van der Waals surface area contributed by atoms with Crippen LogP contribution in [0, 0.1) is 5.92 Å². The summed E-state index contributed by atoms with van der Waals surface area (Å²) in [5.74, 6) is 0.267. The van der Waals surface area contributed by atoms with Gasteiger partial charge in [0.05, 0.1) is 5.92 Å². The van der Waals surface area contributed by atoms with E-state index < -0.39 is 0 Å². The zero-order valence-corrected chi connectivity index (χ0v) is 9.62. The van der Waals surface area contributed by atoms with Gasteiger partial charge in [-0.05, 0) is 37.1 Å². The van der Waals surface area contributed by atoms with Crippen LogP contribution in [-0.4, -0.2) is 19.0 Å². The van der Waals surface area contributed by atoms with Crippen LogP contribution in [-0.2, 0) is 11.2 Å². The molecule has 0 spiro atoms. The van der Waals surface area contributed by atoms with E-state index in [4.69, 9.17) is 0 Å². The van der Waals surface area contributed by atoms with Crippen LogP contribution in [0.4, 0.5) is 5.69 Å². The third-order valence-corrected chi connectivity index (χ3v) is 3.03. The highest BCUT2D eigenvalue weighted by Crippen LogP contribution is 2.14. The van der Waals surface area contributed by atoms with Gasteiger partial charge in [0.15, 0.2) is 0 Å². The smallest absolute Gasteiger partial charge is 0.228 e. The molecule has 3 nitrogen and oxygen atoms in total. The summed E-state index contributed by atoms with van der Waals surface area (Å²) in [6.07, 6.45) is 1.94. The number of aryl methyl sites for hydroxylation is 1. The Morgan fingerprint density at radius 1 is 1.56 bits per heavy atom. The van der Waals surface area contributed by atoms with Crippen molar-refractivity contribution >= 4 is 11.6 Å². The number of nitrogens with one attached hydrogen (secondary N) is 2. The number of hydrogen-bond acceptors (Lipinski definition) is 2. The Labute approximate surface area is 96.2 Å². The van der Waals surface area contributed by atoms with E-state index in [1.165, 1.54) is 5.56 Å². The quantitative estimate of drug-likeness (QED) is 0.812. The normalized spacial score (nSPS) is 19.7. The molecule has 1 aromatic rings. The summed E-state index contributed by atoms with van der Waals surface area (Å²) >= 11 is 0. The molecule has 16 heavy (non-hydrogen) atoms. The second kappa shape index (κ2) is 5.12. The topological polar surface area (TPSA) is 41.1 Å². The van der Waals surface area contributed by atoms with Gasteiger partial charge >= 0.3 is 0 Å². The molecule has 0 radical (unpaired) electrons. The van der Waals surface area contributed by atoms with Crippen molar-refractivity contribution in [2.24, 2.45) is 5.92 Å². The first-order chi connectivity index (χ1) is 7.79. The molecule has 3 heteroatoms. The van der Waals surface area contributed by atoms with Gasteiger partial charge in [-0.3, -0.25) is 4.79 Å². The van der Waals surface area contributed by atoms with Gasteiger partial charge in [-0.15, -0.1) is 0 Å². The number of anilines is 1. The summed E-state index contributed by atoms with van der Waals surface area (Å²) < 4.78 is 0. The Hall–Kier alpha value is -1.35. The predicted molar refractivity (Wildman–Crippen MR) is 65.4 cm³/mol. The molecule has 2 N–H and O–H groups in total. The van der Waals surface area contributed by atoms with E-state index in [9.17, 15) is 4.79 Å². The molecule has 1 fully saturated rings. The van der Waals surface area contributed by atoms with Crippen LogP contribution in [0.3, 0.4) is 0 Å². The first-order valence-corrected chi connectivity index (χ1v) is 5.90. The Morgan fingerprint density at radius 2 is 2.44 bits per heavy atom. The van der Waals surface area contributed by atoms with Crippen molar-refractivity contribution in [2.45, 2.75) is 19.8 Å². The Bertz CT molecular complexity index is 370. The molecule has 2 rings (SSSR count). The molecular weight excluding hydrogens is 200 g/mol. The van der Waals surface area contributed by atoms with Crippen LogP contribution < -0.4 is 10.6 Å². The fourth-order valence-corrected chi connectivity index (χ4v) is 1.99. The molecular formula is C13H18N2O. The van der Waals surface area contributed by atoms with Gasteiger partial charge < -0.3 is 10.6 Å². The van der Waals surface area contributed by atoms with Crippen molar-refractivity contribution < 1.29 is 4.79 Å². The van der Waals surface area contributed by atoms with Crippen LogP contribution in [0.15, 0.2) is 24.3 Å². The van der Waals surface area contributed by atoms with E-state index >= 15 is 0 Å². The number of benzene rings is 1. The van der Waals surface area contributed by atoms with Gasteiger partial charge in [0, 0.05) is 12.2 Å². The monoisotopic (exact) mass is 218 g/mol. The highest BCUT2D eigenvalue weighted by atomic mass is 16.1. The minimum absolute atomic E-state index is 0.130. The van der Waals surface area contributed by atoms with Gasteiger partial charge in [0.2, 0.25) is 5.91 Å². The molecule has 86 valence electrons. The summed E-state index contributed by atoms with van der Waals surface area (Å²) in [4.78, 5) is 11.9. The number of carbonyl (C=O) groups excluding carboxylic acids is 1. The van der Waals surface area contributed by atoms with Gasteiger partial charge in [-0.2, -0.15) is 0 Å². The molecule has 1 heterocycles. The lowest BCUT2D eigenvalue weighted by Gasteiger charge is -2.10. The average molecular weight is 218 g/mol. The Kier molecular flexibility index (Phi) is 3.57. The largest absolute Gasteiger partial charge is 0.326 e. The summed E-state index contributed by atoms with van der Waals surface area (Å²) in [7, 11) is 0. The highest BCUT2D eigenvalue weighted by Gasteiger charge is 2.22. The van der Waals surface area contributed by atoms with Crippen molar-refractivity contribution in [2.75, 3.05) is 18.4 Å². The molecule has 1 aliphatic rings. The summed E-state index contributed by atoms with van der Waals surface area (Å²) in [6.45, 7) is 3.87. The van der Waals surface area contributed by atoms with Gasteiger partial charge in [-0.25, -0.2) is 0 Å². The lowest BCUT2D eigenvalue weighted by molar-refractivity contribution is -0.119. The van der Waals surface area contributed by atoms with E-state index in [1.807, 2.05) is 18.2 Å². The highest BCUT2D eigenvalue weighted by molar-refractivity contribution is 5.92. The molecule has 1 unspecified atom stereocenters. The molecule has 1 amide bonds. The van der Waals surface area contributed by atoms with Crippen LogP contribution in [0.25, 0.3) is 0 Å². The van der Waals surface area contributed by atoms with E-state index in [0.29, 0.717) is 0 Å². The van der Waals surface area contributed by atoms with E-state index in [0.717, 1.165) is 31.6 Å². The third kappa shape index (κ3) is 2.61. The number of rotatable bonds is 3. The fraction of sp³-hybridized carbons (Fsp3) is 0.462. The maximum Gasteiger partial charge on any atom is 0.228 e. The molecule has 1 aliphatic heterocycles. The average Bonchev–Trinajstić information content (AvgIpc) is 2.83. The predicted octanol–water partition coefficient (Wildman–Crippen LogP) is 1.80. The van der Waals surface area contributed by atoms with Crippen molar-refractivity contribution in [1.82, 2.24) is 5.32 Å². The number of hydrogen-bond donors (Lipinski definition) is 2. The Morgan fingerprint density at radius 3 is 3.12 bits per heavy atom. The molecule has 0 aromatic heterocycles. The standard InChI is InChI=1S/C13H18N2O/c1-2-10-4-3-5-12(8-10)15-13(16)11-6-7-14-9-11/h3-5,8,11,14H,2,6-7,9H2,1H3,(H,15,16). The molecule has 1 saturated heterocycles. The molecule has 0 bridgehead atoms. The molecule has 0 aliphatic carbocycles.